The van der Waals surface area contributed by atoms with Gasteiger partial charge in [-0.1, -0.05) is 0 Å². The molecule has 1 aromatic heterocycles. The van der Waals surface area contributed by atoms with Crippen LogP contribution in [0.4, 0.5) is 5.69 Å². The molecule has 0 atom stereocenters. The molecule has 0 saturated carbocycles. The molecule has 1 aliphatic heterocycles. The van der Waals surface area contributed by atoms with Gasteiger partial charge in [-0.25, -0.2) is 0 Å². The Balaban J connectivity index is 2.33. The molecule has 2 rings (SSSR count). The van der Waals surface area contributed by atoms with Crippen molar-refractivity contribution in [2.75, 3.05) is 18.0 Å². The van der Waals surface area contributed by atoms with Gasteiger partial charge in [-0.3, -0.25) is 4.98 Å². The fourth-order valence-electron chi connectivity index (χ4n) is 1.77. The molecule has 2 heterocycles. The average molecular weight is 241 g/mol. The van der Waals surface area contributed by atoms with Crippen molar-refractivity contribution in [2.45, 2.75) is 19.8 Å². The van der Waals surface area contributed by atoms with E-state index < -0.39 is 0 Å². The van der Waals surface area contributed by atoms with Gasteiger partial charge in [0.25, 0.3) is 0 Å². The lowest BCUT2D eigenvalue weighted by Gasteiger charge is -2.19. The zero-order chi connectivity index (χ0) is 9.26. The minimum Gasteiger partial charge on any atom is -0.370 e. The van der Waals surface area contributed by atoms with Crippen LogP contribution in [0.15, 0.2) is 16.9 Å². The van der Waals surface area contributed by atoms with Crippen molar-refractivity contribution in [1.82, 2.24) is 4.98 Å². The number of hydrogen-bond acceptors (Lipinski definition) is 2. The molecule has 0 spiro atoms. The second kappa shape index (κ2) is 3.66. The Morgan fingerprint density at radius 3 is 2.69 bits per heavy atom. The normalized spacial score (nSPS) is 16.6. The van der Waals surface area contributed by atoms with Gasteiger partial charge >= 0.3 is 0 Å². The number of anilines is 1. The second-order valence-corrected chi connectivity index (χ2v) is 4.31. The van der Waals surface area contributed by atoms with Crippen LogP contribution in [-0.2, 0) is 0 Å². The molecule has 0 radical (unpaired) electrons. The molecule has 0 amide bonds. The molecule has 0 aliphatic carbocycles. The van der Waals surface area contributed by atoms with E-state index in [0.717, 1.165) is 4.47 Å². The molecule has 1 fully saturated rings. The number of pyridine rings is 1. The smallest absolute Gasteiger partial charge is 0.0593 e. The highest BCUT2D eigenvalue weighted by Gasteiger charge is 2.15. The highest BCUT2D eigenvalue weighted by Crippen LogP contribution is 2.27. The van der Waals surface area contributed by atoms with E-state index in [2.05, 4.69) is 32.7 Å². The van der Waals surface area contributed by atoms with E-state index in [-0.39, 0.29) is 0 Å². The monoisotopic (exact) mass is 240 g/mol. The lowest BCUT2D eigenvalue weighted by molar-refractivity contribution is 0.949. The fourth-order valence-corrected chi connectivity index (χ4v) is 2.09. The Hall–Kier alpha value is -0.570. The van der Waals surface area contributed by atoms with E-state index in [1.807, 2.05) is 12.4 Å². The van der Waals surface area contributed by atoms with Crippen LogP contribution in [0.2, 0.25) is 0 Å². The largest absolute Gasteiger partial charge is 0.370 e. The maximum Gasteiger partial charge on any atom is 0.0593 e. The molecule has 2 nitrogen and oxygen atoms in total. The molecule has 1 aromatic rings. The van der Waals surface area contributed by atoms with Crippen LogP contribution in [0.5, 0.6) is 0 Å². The summed E-state index contributed by atoms with van der Waals surface area (Å²) in [6.07, 6.45) is 6.44. The Morgan fingerprint density at radius 1 is 1.31 bits per heavy atom. The molecule has 0 unspecified atom stereocenters. The lowest BCUT2D eigenvalue weighted by atomic mass is 10.2. The minimum absolute atomic E-state index is 1.11. The van der Waals surface area contributed by atoms with Crippen molar-refractivity contribution in [2.24, 2.45) is 0 Å². The van der Waals surface area contributed by atoms with E-state index in [9.17, 15) is 0 Å². The van der Waals surface area contributed by atoms with Gasteiger partial charge in [-0.2, -0.15) is 0 Å². The zero-order valence-electron chi connectivity index (χ0n) is 7.76. The summed E-state index contributed by atoms with van der Waals surface area (Å²) in [5.41, 5.74) is 2.59. The van der Waals surface area contributed by atoms with Gasteiger partial charge in [0.15, 0.2) is 0 Å². The maximum absolute atomic E-state index is 4.20. The Morgan fingerprint density at radius 2 is 2.00 bits per heavy atom. The van der Waals surface area contributed by atoms with Crippen LogP contribution in [-0.4, -0.2) is 18.1 Å². The van der Waals surface area contributed by atoms with Gasteiger partial charge in [0.05, 0.1) is 11.9 Å². The summed E-state index contributed by atoms with van der Waals surface area (Å²) in [6, 6.07) is 0. The lowest BCUT2D eigenvalue weighted by Crippen LogP contribution is -2.18. The highest BCUT2D eigenvalue weighted by atomic mass is 79.9. The predicted octanol–water partition coefficient (Wildman–Crippen LogP) is 2.75. The first-order chi connectivity index (χ1) is 6.29. The van der Waals surface area contributed by atoms with Crippen LogP contribution in [0.3, 0.4) is 0 Å². The second-order valence-electron chi connectivity index (χ2n) is 3.46. The van der Waals surface area contributed by atoms with Crippen molar-refractivity contribution in [3.05, 3.63) is 22.4 Å². The third kappa shape index (κ3) is 1.70. The minimum atomic E-state index is 1.11. The Bertz CT molecular complexity index is 306. The molecule has 0 aromatic carbocycles. The summed E-state index contributed by atoms with van der Waals surface area (Å²) < 4.78 is 1.11. The molecule has 1 saturated heterocycles. The summed E-state index contributed by atoms with van der Waals surface area (Å²) in [5, 5.41) is 0. The van der Waals surface area contributed by atoms with E-state index >= 15 is 0 Å². The van der Waals surface area contributed by atoms with E-state index in [1.165, 1.54) is 37.2 Å². The summed E-state index contributed by atoms with van der Waals surface area (Å²) in [6.45, 7) is 4.50. The zero-order valence-corrected chi connectivity index (χ0v) is 9.34. The van der Waals surface area contributed by atoms with Crippen molar-refractivity contribution in [1.29, 1.82) is 0 Å². The van der Waals surface area contributed by atoms with E-state index in [0.29, 0.717) is 0 Å². The Labute approximate surface area is 87.1 Å². The first-order valence-corrected chi connectivity index (χ1v) is 5.43. The van der Waals surface area contributed by atoms with Crippen LogP contribution >= 0.6 is 15.9 Å². The van der Waals surface area contributed by atoms with Gasteiger partial charge in [-0.15, -0.1) is 0 Å². The van der Waals surface area contributed by atoms with E-state index in [4.69, 9.17) is 0 Å². The van der Waals surface area contributed by atoms with Crippen molar-refractivity contribution in [3.63, 3.8) is 0 Å². The van der Waals surface area contributed by atoms with Gasteiger partial charge in [0.1, 0.15) is 0 Å². The number of hydrogen-bond donors (Lipinski definition) is 0. The van der Waals surface area contributed by atoms with Gasteiger partial charge in [-0.05, 0) is 41.3 Å². The van der Waals surface area contributed by atoms with Crippen LogP contribution < -0.4 is 4.90 Å². The van der Waals surface area contributed by atoms with E-state index in [1.54, 1.807) is 0 Å². The topological polar surface area (TPSA) is 16.1 Å². The number of nitrogens with zero attached hydrogens (tertiary/aromatic N) is 2. The summed E-state index contributed by atoms with van der Waals surface area (Å²) >= 11 is 3.50. The van der Waals surface area contributed by atoms with Crippen molar-refractivity contribution < 1.29 is 0 Å². The summed E-state index contributed by atoms with van der Waals surface area (Å²) in [4.78, 5) is 6.61. The molecular weight excluding hydrogens is 228 g/mol. The number of rotatable bonds is 1. The third-order valence-corrected chi connectivity index (χ3v) is 3.37. The summed E-state index contributed by atoms with van der Waals surface area (Å²) in [7, 11) is 0. The van der Waals surface area contributed by atoms with Crippen LogP contribution in [0, 0.1) is 6.92 Å². The Kier molecular flexibility index (Phi) is 2.54. The standard InChI is InChI=1S/C10H13BrN2/c1-8-9(11)6-12-7-10(8)13-4-2-3-5-13/h6-7H,2-5H2,1H3. The molecular formula is C10H13BrN2. The van der Waals surface area contributed by atoms with Gasteiger partial charge in [0.2, 0.25) is 0 Å². The first-order valence-electron chi connectivity index (χ1n) is 4.64. The van der Waals surface area contributed by atoms with Gasteiger partial charge in [0, 0.05) is 23.8 Å². The van der Waals surface area contributed by atoms with Crippen molar-refractivity contribution in [3.8, 4) is 0 Å². The quantitative estimate of drug-likeness (QED) is 0.751. The molecule has 13 heavy (non-hydrogen) atoms. The SMILES string of the molecule is Cc1c(Br)cncc1N1CCCC1. The van der Waals surface area contributed by atoms with Gasteiger partial charge < -0.3 is 4.90 Å². The predicted molar refractivity (Wildman–Crippen MR) is 58.1 cm³/mol. The average Bonchev–Trinajstić information content (AvgIpc) is 2.62. The first kappa shape index (κ1) is 9.00. The molecule has 0 bridgehead atoms. The van der Waals surface area contributed by atoms with Crippen molar-refractivity contribution >= 4 is 21.6 Å². The molecule has 3 heteroatoms. The number of halogens is 1. The molecule has 70 valence electrons. The number of aromatic nitrogens is 1. The van der Waals surface area contributed by atoms with Crippen LogP contribution in [0.1, 0.15) is 18.4 Å². The molecule has 0 N–H and O–H groups in total. The summed E-state index contributed by atoms with van der Waals surface area (Å²) in [5.74, 6) is 0. The van der Waals surface area contributed by atoms with Crippen LogP contribution in [0.25, 0.3) is 0 Å². The third-order valence-electron chi connectivity index (χ3n) is 2.57. The molecule has 1 aliphatic rings. The highest BCUT2D eigenvalue weighted by molar-refractivity contribution is 9.10. The fraction of sp³-hybridized carbons (Fsp3) is 0.500. The maximum atomic E-state index is 4.20.